The summed E-state index contributed by atoms with van der Waals surface area (Å²) in [5.74, 6) is 0.242. The predicted octanol–water partition coefficient (Wildman–Crippen LogP) is 1.28. The van der Waals surface area contributed by atoms with Gasteiger partial charge in [0.05, 0.1) is 12.1 Å². The maximum Gasteiger partial charge on any atom is 0.266 e. The number of rotatable bonds is 3. The molecule has 6 heteroatoms. The fourth-order valence-electron chi connectivity index (χ4n) is 2.15. The van der Waals surface area contributed by atoms with Crippen molar-refractivity contribution in [3.05, 3.63) is 58.8 Å². The molecule has 3 aromatic rings. The minimum absolute atomic E-state index is 0.207. The molecule has 0 fully saturated rings. The summed E-state index contributed by atoms with van der Waals surface area (Å²) < 4.78 is 16.4. The van der Waals surface area contributed by atoms with E-state index in [1.165, 1.54) is 22.9 Å². The Labute approximate surface area is 114 Å². The van der Waals surface area contributed by atoms with Crippen LogP contribution in [0.3, 0.4) is 0 Å². The number of hydrogen-bond donors (Lipinski definition) is 1. The second-order valence-electron chi connectivity index (χ2n) is 4.43. The maximum atomic E-state index is 13.4. The minimum Gasteiger partial charge on any atom is -0.329 e. The Hall–Kier alpha value is -2.47. The lowest BCUT2D eigenvalue weighted by molar-refractivity contribution is 0.581. The highest BCUT2D eigenvalue weighted by atomic mass is 19.1. The summed E-state index contributed by atoms with van der Waals surface area (Å²) in [6, 6.07) is 9.47. The summed E-state index contributed by atoms with van der Waals surface area (Å²) in [6.45, 7) is 0.678. The predicted molar refractivity (Wildman–Crippen MR) is 74.3 cm³/mol. The average molecular weight is 272 g/mol. The summed E-state index contributed by atoms with van der Waals surface area (Å²) in [5, 5.41) is 5.16. The first kappa shape index (κ1) is 12.6. The molecule has 2 aromatic heterocycles. The van der Waals surface area contributed by atoms with Crippen LogP contribution in [0.4, 0.5) is 4.39 Å². The highest BCUT2D eigenvalue weighted by Crippen LogP contribution is 2.19. The van der Waals surface area contributed by atoms with E-state index in [0.717, 1.165) is 5.39 Å². The van der Waals surface area contributed by atoms with Crippen molar-refractivity contribution in [2.24, 2.45) is 5.73 Å². The molecule has 0 atom stereocenters. The van der Waals surface area contributed by atoms with Crippen LogP contribution in [0.5, 0.6) is 0 Å². The van der Waals surface area contributed by atoms with Crippen molar-refractivity contribution >= 4 is 10.9 Å². The molecule has 0 spiro atoms. The summed E-state index contributed by atoms with van der Waals surface area (Å²) in [6.07, 6.45) is 1.80. The Morgan fingerprint density at radius 2 is 2.05 bits per heavy atom. The number of aromatic nitrogens is 3. The summed E-state index contributed by atoms with van der Waals surface area (Å²) in [7, 11) is 0. The van der Waals surface area contributed by atoms with Crippen LogP contribution >= 0.6 is 0 Å². The molecule has 2 N–H and O–H groups in total. The molecule has 0 saturated heterocycles. The third-order valence-corrected chi connectivity index (χ3v) is 3.10. The van der Waals surface area contributed by atoms with Crippen LogP contribution in [-0.2, 0) is 6.54 Å². The highest BCUT2D eigenvalue weighted by Gasteiger charge is 2.07. The summed E-state index contributed by atoms with van der Waals surface area (Å²) in [5.41, 5.74) is 5.95. The zero-order valence-corrected chi connectivity index (χ0v) is 10.7. The van der Waals surface area contributed by atoms with Crippen molar-refractivity contribution in [2.75, 3.05) is 6.54 Å². The molecule has 2 heterocycles. The molecule has 0 aliphatic rings. The molecule has 0 aliphatic heterocycles. The van der Waals surface area contributed by atoms with Gasteiger partial charge in [-0.05, 0) is 30.3 Å². The second kappa shape index (κ2) is 4.90. The second-order valence-corrected chi connectivity index (χ2v) is 4.43. The Kier molecular flexibility index (Phi) is 3.08. The molecule has 5 nitrogen and oxygen atoms in total. The first-order chi connectivity index (χ1) is 9.69. The normalized spacial score (nSPS) is 11.1. The standard InChI is InChI=1S/C14H13FN4O/c15-11-2-1-10-5-7-18(12(10)9-11)13-3-4-14(20)19(17-13)8-6-16/h1-5,7,9H,6,8,16H2. The van der Waals surface area contributed by atoms with Crippen molar-refractivity contribution in [1.82, 2.24) is 14.3 Å². The van der Waals surface area contributed by atoms with E-state index in [2.05, 4.69) is 5.10 Å². The first-order valence-electron chi connectivity index (χ1n) is 6.24. The Morgan fingerprint density at radius 3 is 2.85 bits per heavy atom. The number of nitrogens with two attached hydrogens (primary N) is 1. The number of hydrogen-bond acceptors (Lipinski definition) is 3. The van der Waals surface area contributed by atoms with Gasteiger partial charge in [0.2, 0.25) is 0 Å². The topological polar surface area (TPSA) is 65.8 Å². The number of fused-ring (bicyclic) bond motifs is 1. The number of halogens is 1. The highest BCUT2D eigenvalue weighted by molar-refractivity contribution is 5.81. The lowest BCUT2D eigenvalue weighted by atomic mass is 10.2. The fraction of sp³-hybridized carbons (Fsp3) is 0.143. The van der Waals surface area contributed by atoms with Gasteiger partial charge in [0.15, 0.2) is 5.82 Å². The molecular weight excluding hydrogens is 259 g/mol. The van der Waals surface area contributed by atoms with Gasteiger partial charge in [0.1, 0.15) is 5.82 Å². The van der Waals surface area contributed by atoms with Gasteiger partial charge in [-0.2, -0.15) is 5.10 Å². The number of benzene rings is 1. The maximum absolute atomic E-state index is 13.4. The zero-order chi connectivity index (χ0) is 14.1. The van der Waals surface area contributed by atoms with Crippen LogP contribution in [0.25, 0.3) is 16.7 Å². The van der Waals surface area contributed by atoms with E-state index in [1.54, 1.807) is 22.9 Å². The minimum atomic E-state index is -0.312. The molecule has 0 bridgehead atoms. The zero-order valence-electron chi connectivity index (χ0n) is 10.7. The molecule has 0 saturated carbocycles. The lowest BCUT2D eigenvalue weighted by Crippen LogP contribution is -2.26. The van der Waals surface area contributed by atoms with Crippen molar-refractivity contribution in [1.29, 1.82) is 0 Å². The SMILES string of the molecule is NCCn1nc(-n2ccc3ccc(F)cc32)ccc1=O. The summed E-state index contributed by atoms with van der Waals surface area (Å²) in [4.78, 5) is 11.6. The van der Waals surface area contributed by atoms with Crippen molar-refractivity contribution < 1.29 is 4.39 Å². The third-order valence-electron chi connectivity index (χ3n) is 3.10. The summed E-state index contributed by atoms with van der Waals surface area (Å²) >= 11 is 0. The van der Waals surface area contributed by atoms with Crippen LogP contribution in [0.1, 0.15) is 0 Å². The molecule has 0 amide bonds. The van der Waals surface area contributed by atoms with Crippen molar-refractivity contribution in [3.8, 4) is 5.82 Å². The quantitative estimate of drug-likeness (QED) is 0.781. The third kappa shape index (κ3) is 2.10. The van der Waals surface area contributed by atoms with Crippen LogP contribution in [-0.4, -0.2) is 20.9 Å². The molecule has 20 heavy (non-hydrogen) atoms. The Morgan fingerprint density at radius 1 is 1.20 bits per heavy atom. The van der Waals surface area contributed by atoms with Gasteiger partial charge in [-0.3, -0.25) is 9.36 Å². The van der Waals surface area contributed by atoms with Gasteiger partial charge in [-0.15, -0.1) is 0 Å². The molecular formula is C14H13FN4O. The van der Waals surface area contributed by atoms with Crippen LogP contribution < -0.4 is 11.3 Å². The Bertz CT molecular complexity index is 821. The van der Waals surface area contributed by atoms with E-state index in [-0.39, 0.29) is 11.4 Å². The van der Waals surface area contributed by atoms with E-state index in [4.69, 9.17) is 5.73 Å². The monoisotopic (exact) mass is 272 g/mol. The van der Waals surface area contributed by atoms with E-state index < -0.39 is 0 Å². The largest absolute Gasteiger partial charge is 0.329 e. The van der Waals surface area contributed by atoms with E-state index in [9.17, 15) is 9.18 Å². The molecule has 0 unspecified atom stereocenters. The smallest absolute Gasteiger partial charge is 0.266 e. The van der Waals surface area contributed by atoms with Crippen LogP contribution in [0, 0.1) is 5.82 Å². The number of nitrogens with zero attached hydrogens (tertiary/aromatic N) is 3. The van der Waals surface area contributed by atoms with Gasteiger partial charge in [-0.1, -0.05) is 0 Å². The first-order valence-corrected chi connectivity index (χ1v) is 6.24. The molecule has 1 aromatic carbocycles. The molecule has 3 rings (SSSR count). The van der Waals surface area contributed by atoms with Gasteiger partial charge in [0, 0.05) is 24.2 Å². The van der Waals surface area contributed by atoms with Crippen LogP contribution in [0.15, 0.2) is 47.4 Å². The van der Waals surface area contributed by atoms with Crippen molar-refractivity contribution in [2.45, 2.75) is 6.54 Å². The van der Waals surface area contributed by atoms with Gasteiger partial charge >= 0.3 is 0 Å². The van der Waals surface area contributed by atoms with Gasteiger partial charge < -0.3 is 5.73 Å². The van der Waals surface area contributed by atoms with Gasteiger partial charge in [0.25, 0.3) is 5.56 Å². The van der Waals surface area contributed by atoms with Crippen LogP contribution in [0.2, 0.25) is 0 Å². The van der Waals surface area contributed by atoms with Crippen molar-refractivity contribution in [3.63, 3.8) is 0 Å². The lowest BCUT2D eigenvalue weighted by Gasteiger charge is -2.07. The van der Waals surface area contributed by atoms with E-state index in [0.29, 0.717) is 24.4 Å². The molecule has 0 aliphatic carbocycles. The Balaban J connectivity index is 2.18. The van der Waals surface area contributed by atoms with E-state index >= 15 is 0 Å². The molecule has 0 radical (unpaired) electrons. The van der Waals surface area contributed by atoms with Gasteiger partial charge in [-0.25, -0.2) is 9.07 Å². The van der Waals surface area contributed by atoms with E-state index in [1.807, 2.05) is 6.07 Å². The fourth-order valence-corrected chi connectivity index (χ4v) is 2.15. The average Bonchev–Trinajstić information content (AvgIpc) is 2.84. The molecule has 102 valence electrons.